The van der Waals surface area contributed by atoms with Gasteiger partial charge in [0.1, 0.15) is 33.4 Å². The van der Waals surface area contributed by atoms with Crippen LogP contribution in [0.4, 0.5) is 0 Å². The van der Waals surface area contributed by atoms with Gasteiger partial charge in [0.05, 0.1) is 0 Å². The van der Waals surface area contributed by atoms with Crippen molar-refractivity contribution in [2.24, 2.45) is 15.4 Å². The second-order valence-corrected chi connectivity index (χ2v) is 11.5. The largest absolute Gasteiger partial charge is 0.505 e. The summed E-state index contributed by atoms with van der Waals surface area (Å²) in [7, 11) is 0. The van der Waals surface area contributed by atoms with Gasteiger partial charge in [0.25, 0.3) is 0 Å². The topological polar surface area (TPSA) is 127 Å². The molecule has 0 fully saturated rings. The fourth-order valence-corrected chi connectivity index (χ4v) is 4.84. The van der Waals surface area contributed by atoms with Crippen LogP contribution in [0.1, 0.15) is 36.1 Å². The fourth-order valence-electron chi connectivity index (χ4n) is 4.84. The molecule has 0 amide bonds. The molecule has 10 nitrogen and oxygen atoms in total. The molecular weight excluding hydrogens is 540 g/mol. The van der Waals surface area contributed by atoms with Crippen molar-refractivity contribution >= 4 is 34.5 Å². The zero-order valence-electron chi connectivity index (χ0n) is 24.5. The molecule has 0 aliphatic carbocycles. The van der Waals surface area contributed by atoms with Crippen LogP contribution in [0.2, 0.25) is 0 Å². The zero-order valence-corrected chi connectivity index (χ0v) is 24.5. The molecule has 2 aromatic heterocycles. The molecule has 0 atom stereocenters. The average molecular weight is 573 g/mol. The number of hydrogen-bond acceptors (Lipinski definition) is 8. The molecule has 0 aliphatic rings. The monoisotopic (exact) mass is 572 g/mol. The maximum absolute atomic E-state index is 11.0. The summed E-state index contributed by atoms with van der Waals surface area (Å²) in [4.78, 5) is 12.2. The van der Waals surface area contributed by atoms with Crippen LogP contribution in [0.5, 0.6) is 11.5 Å². The Labute approximate surface area is 248 Å². The third-order valence-electron chi connectivity index (χ3n) is 7.03. The van der Waals surface area contributed by atoms with Crippen molar-refractivity contribution in [3.8, 4) is 22.9 Å². The molecule has 4 aromatic carbocycles. The molecule has 0 saturated carbocycles. The maximum atomic E-state index is 11.0. The SMILES string of the molecule is Cc1cc(/C=N/CC(C)(C)C/N=C/c2cc(C)cc(-n3nc4ccccc4n3)c2O)c(O)c(-n2nc3ccccc3n2)c1. The molecule has 0 bridgehead atoms. The van der Waals surface area contributed by atoms with Crippen molar-refractivity contribution in [1.29, 1.82) is 0 Å². The van der Waals surface area contributed by atoms with E-state index in [2.05, 4.69) is 44.2 Å². The van der Waals surface area contributed by atoms with Crippen LogP contribution in [-0.2, 0) is 0 Å². The summed E-state index contributed by atoms with van der Waals surface area (Å²) in [5, 5.41) is 40.1. The number of fused-ring (bicyclic) bond motifs is 2. The van der Waals surface area contributed by atoms with E-state index in [1.807, 2.05) is 86.6 Å². The Morgan fingerprint density at radius 2 is 0.977 bits per heavy atom. The summed E-state index contributed by atoms with van der Waals surface area (Å²) in [5.74, 6) is 0.131. The summed E-state index contributed by atoms with van der Waals surface area (Å²) < 4.78 is 0. The highest BCUT2D eigenvalue weighted by atomic mass is 16.3. The molecular formula is C33H32N8O2. The van der Waals surface area contributed by atoms with Crippen molar-refractivity contribution in [3.63, 3.8) is 0 Å². The third-order valence-corrected chi connectivity index (χ3v) is 7.03. The van der Waals surface area contributed by atoms with Crippen molar-refractivity contribution < 1.29 is 10.2 Å². The standard InChI is InChI=1S/C33H32N8O2/c1-21-13-23(31(42)29(15-21)40-36-25-9-5-6-10-26(25)37-40)17-34-19-33(3,4)20-35-18-24-14-22(2)16-30(32(24)43)41-38-27-11-7-8-12-28(27)39-41/h5-18,42-43H,19-20H2,1-4H3/b34-17+,35-18+. The molecule has 43 heavy (non-hydrogen) atoms. The number of nitrogens with zero attached hydrogens (tertiary/aromatic N) is 8. The molecule has 216 valence electrons. The van der Waals surface area contributed by atoms with E-state index in [9.17, 15) is 10.2 Å². The lowest BCUT2D eigenvalue weighted by Gasteiger charge is -2.19. The number of aryl methyl sites for hydroxylation is 2. The van der Waals surface area contributed by atoms with Gasteiger partial charge in [0, 0.05) is 42.1 Å². The average Bonchev–Trinajstić information content (AvgIpc) is 3.60. The van der Waals surface area contributed by atoms with E-state index in [1.54, 1.807) is 12.4 Å². The molecule has 6 rings (SSSR count). The normalized spacial score (nSPS) is 12.4. The van der Waals surface area contributed by atoms with Gasteiger partial charge in [-0.15, -0.1) is 30.0 Å². The minimum absolute atomic E-state index is 0.0655. The van der Waals surface area contributed by atoms with Gasteiger partial charge in [0.15, 0.2) is 11.5 Å². The van der Waals surface area contributed by atoms with Crippen molar-refractivity contribution in [2.45, 2.75) is 27.7 Å². The number of aliphatic imine (C=N–C) groups is 2. The molecule has 2 N–H and O–H groups in total. The number of aromatic hydroxyl groups is 2. The minimum Gasteiger partial charge on any atom is -0.505 e. The Balaban J connectivity index is 1.17. The lowest BCUT2D eigenvalue weighted by atomic mass is 9.94. The molecule has 0 radical (unpaired) electrons. The minimum atomic E-state index is -0.278. The first-order chi connectivity index (χ1) is 20.7. The highest BCUT2D eigenvalue weighted by Gasteiger charge is 2.18. The molecule has 0 spiro atoms. The number of benzene rings is 4. The van der Waals surface area contributed by atoms with Gasteiger partial charge >= 0.3 is 0 Å². The van der Waals surface area contributed by atoms with E-state index < -0.39 is 0 Å². The first kappa shape index (κ1) is 27.8. The van der Waals surface area contributed by atoms with Gasteiger partial charge in [-0.25, -0.2) is 0 Å². The second-order valence-electron chi connectivity index (χ2n) is 11.5. The van der Waals surface area contributed by atoms with Gasteiger partial charge in [-0.3, -0.25) is 9.98 Å². The van der Waals surface area contributed by atoms with Gasteiger partial charge in [0.2, 0.25) is 0 Å². The number of aromatic nitrogens is 6. The summed E-state index contributed by atoms with van der Waals surface area (Å²) in [5.41, 5.74) is 6.82. The third kappa shape index (κ3) is 5.85. The first-order valence-corrected chi connectivity index (χ1v) is 14.0. The van der Waals surface area contributed by atoms with E-state index >= 15 is 0 Å². The van der Waals surface area contributed by atoms with Gasteiger partial charge in [-0.2, -0.15) is 0 Å². The Hall–Kier alpha value is -5.38. The molecule has 6 aromatic rings. The van der Waals surface area contributed by atoms with Crippen LogP contribution in [0.3, 0.4) is 0 Å². The highest BCUT2D eigenvalue weighted by molar-refractivity contribution is 5.87. The summed E-state index contributed by atoms with van der Waals surface area (Å²) in [6.07, 6.45) is 3.36. The molecule has 10 heteroatoms. The first-order valence-electron chi connectivity index (χ1n) is 14.0. The Bertz CT molecular complexity index is 1810. The van der Waals surface area contributed by atoms with E-state index in [-0.39, 0.29) is 16.9 Å². The number of phenols is 2. The number of rotatable bonds is 8. The lowest BCUT2D eigenvalue weighted by Crippen LogP contribution is -2.20. The summed E-state index contributed by atoms with van der Waals surface area (Å²) in [6.45, 7) is 9.02. The van der Waals surface area contributed by atoms with Gasteiger partial charge in [-0.1, -0.05) is 38.1 Å². The van der Waals surface area contributed by atoms with E-state index in [4.69, 9.17) is 0 Å². The van der Waals surface area contributed by atoms with Crippen molar-refractivity contribution in [2.75, 3.05) is 13.1 Å². The van der Waals surface area contributed by atoms with Crippen LogP contribution in [-0.4, -0.2) is 65.7 Å². The predicted molar refractivity (Wildman–Crippen MR) is 169 cm³/mol. The molecule has 2 heterocycles. The number of phenolic OH excluding ortho intramolecular Hbond substituents is 2. The fraction of sp³-hybridized carbons (Fsp3) is 0.212. The molecule has 0 aliphatic heterocycles. The van der Waals surface area contributed by atoms with Gasteiger partial charge < -0.3 is 10.2 Å². The van der Waals surface area contributed by atoms with Crippen LogP contribution in [0.15, 0.2) is 82.8 Å². The van der Waals surface area contributed by atoms with E-state index in [0.29, 0.717) is 35.6 Å². The van der Waals surface area contributed by atoms with Crippen LogP contribution >= 0.6 is 0 Å². The number of hydrogen-bond donors (Lipinski definition) is 2. The van der Waals surface area contributed by atoms with Crippen LogP contribution in [0, 0.1) is 19.3 Å². The van der Waals surface area contributed by atoms with Crippen molar-refractivity contribution in [3.05, 3.63) is 95.1 Å². The van der Waals surface area contributed by atoms with Crippen LogP contribution in [0.25, 0.3) is 33.4 Å². The summed E-state index contributed by atoms with van der Waals surface area (Å²) in [6, 6.07) is 22.6. The zero-order chi connectivity index (χ0) is 30.1. The Kier molecular flexibility index (Phi) is 7.19. The second kappa shape index (κ2) is 11.1. The smallest absolute Gasteiger partial charge is 0.151 e. The maximum Gasteiger partial charge on any atom is 0.151 e. The van der Waals surface area contributed by atoms with E-state index in [1.165, 1.54) is 9.59 Å². The predicted octanol–water partition coefficient (Wildman–Crippen LogP) is 5.75. The van der Waals surface area contributed by atoms with E-state index in [0.717, 1.165) is 33.2 Å². The Morgan fingerprint density at radius 3 is 1.33 bits per heavy atom. The molecule has 0 saturated heterocycles. The Morgan fingerprint density at radius 1 is 0.628 bits per heavy atom. The molecule has 0 unspecified atom stereocenters. The van der Waals surface area contributed by atoms with Crippen LogP contribution < -0.4 is 0 Å². The van der Waals surface area contributed by atoms with Gasteiger partial charge in [-0.05, 0) is 73.5 Å². The lowest BCUT2D eigenvalue weighted by molar-refractivity contribution is 0.396. The summed E-state index contributed by atoms with van der Waals surface area (Å²) >= 11 is 0. The quantitative estimate of drug-likeness (QED) is 0.224. The highest BCUT2D eigenvalue weighted by Crippen LogP contribution is 2.29. The van der Waals surface area contributed by atoms with Crippen molar-refractivity contribution in [1.82, 2.24) is 30.0 Å².